The summed E-state index contributed by atoms with van der Waals surface area (Å²) >= 11 is 0. The molecule has 1 aromatic carbocycles. The first-order chi connectivity index (χ1) is 14.0. The molecule has 1 heterocycles. The van der Waals surface area contributed by atoms with E-state index in [-0.39, 0.29) is 6.03 Å². The highest BCUT2D eigenvalue weighted by molar-refractivity contribution is 7.84. The van der Waals surface area contributed by atoms with E-state index in [1.54, 1.807) is 12.0 Å². The summed E-state index contributed by atoms with van der Waals surface area (Å²) in [5.74, 6) is 0.937. The molecule has 8 nitrogen and oxygen atoms in total. The van der Waals surface area contributed by atoms with Gasteiger partial charge in [-0.15, -0.1) is 0 Å². The van der Waals surface area contributed by atoms with Gasteiger partial charge in [0.2, 0.25) is 0 Å². The fourth-order valence-corrected chi connectivity index (χ4v) is 4.16. The van der Waals surface area contributed by atoms with E-state index in [1.807, 2.05) is 31.2 Å². The maximum Gasteiger partial charge on any atom is 0.321 e. The van der Waals surface area contributed by atoms with Crippen LogP contribution in [0.5, 0.6) is 0 Å². The standard InChI is InChI=1S/C20H33N3O5S/c1-3-28-15-19(24)14-22-7-9-23(10-8-22)20(25)21-18-6-4-5-17(13-18)16-29(26)12-11-27-2/h4-6,13,19,24H,3,7-12,14-16H2,1-2H3,(H,21,25)/t19-,29-/m0/s1. The van der Waals surface area contributed by atoms with Crippen LogP contribution in [0.4, 0.5) is 10.5 Å². The lowest BCUT2D eigenvalue weighted by atomic mass is 10.2. The average molecular weight is 428 g/mol. The minimum absolute atomic E-state index is 0.142. The Morgan fingerprint density at radius 2 is 2.07 bits per heavy atom. The number of carbonyl (C=O) groups is 1. The summed E-state index contributed by atoms with van der Waals surface area (Å²) in [6, 6.07) is 7.32. The zero-order valence-electron chi connectivity index (χ0n) is 17.3. The first kappa shape index (κ1) is 23.8. The summed E-state index contributed by atoms with van der Waals surface area (Å²) in [7, 11) is 0.603. The van der Waals surface area contributed by atoms with E-state index < -0.39 is 16.9 Å². The van der Waals surface area contributed by atoms with Gasteiger partial charge in [-0.1, -0.05) is 12.1 Å². The second-order valence-electron chi connectivity index (χ2n) is 7.01. The van der Waals surface area contributed by atoms with Crippen molar-refractivity contribution in [2.45, 2.75) is 18.8 Å². The Hall–Kier alpha value is -1.52. The number of hydrogen-bond donors (Lipinski definition) is 2. The van der Waals surface area contributed by atoms with Gasteiger partial charge in [0.25, 0.3) is 0 Å². The van der Waals surface area contributed by atoms with Crippen molar-refractivity contribution in [3.05, 3.63) is 29.8 Å². The minimum Gasteiger partial charge on any atom is -0.389 e. The molecule has 2 atom stereocenters. The van der Waals surface area contributed by atoms with Crippen LogP contribution in [-0.2, 0) is 26.0 Å². The van der Waals surface area contributed by atoms with Crippen LogP contribution in [0.1, 0.15) is 12.5 Å². The molecular formula is C20H33N3O5S. The predicted octanol–water partition coefficient (Wildman–Crippen LogP) is 1.13. The normalized spacial score (nSPS) is 17.1. The SMILES string of the molecule is CCOC[C@@H](O)CN1CCN(C(=O)Nc2cccc(C[S@@](=O)CCOC)c2)CC1. The number of hydrogen-bond acceptors (Lipinski definition) is 6. The van der Waals surface area contributed by atoms with Crippen molar-refractivity contribution < 1.29 is 23.6 Å². The number of aliphatic hydroxyl groups excluding tert-OH is 1. The molecule has 164 valence electrons. The molecule has 1 aliphatic rings. The maximum atomic E-state index is 12.6. The molecule has 2 amide bonds. The van der Waals surface area contributed by atoms with Crippen molar-refractivity contribution in [2.24, 2.45) is 0 Å². The third-order valence-corrected chi connectivity index (χ3v) is 5.94. The zero-order valence-corrected chi connectivity index (χ0v) is 18.2. The number of nitrogens with zero attached hydrogens (tertiary/aromatic N) is 2. The Kier molecular flexibility index (Phi) is 10.6. The molecule has 2 rings (SSSR count). The first-order valence-electron chi connectivity index (χ1n) is 9.98. The Balaban J connectivity index is 1.78. The molecule has 0 radical (unpaired) electrons. The van der Waals surface area contributed by atoms with E-state index >= 15 is 0 Å². The summed E-state index contributed by atoms with van der Waals surface area (Å²) in [5.41, 5.74) is 1.62. The molecule has 0 spiro atoms. The number of aliphatic hydroxyl groups is 1. The molecule has 1 aliphatic heterocycles. The van der Waals surface area contributed by atoms with Crippen LogP contribution in [-0.4, -0.2) is 96.7 Å². The molecule has 0 bridgehead atoms. The zero-order chi connectivity index (χ0) is 21.1. The molecule has 0 aromatic heterocycles. The summed E-state index contributed by atoms with van der Waals surface area (Å²) in [5, 5.41) is 12.9. The quantitative estimate of drug-likeness (QED) is 0.550. The van der Waals surface area contributed by atoms with Gasteiger partial charge in [0.1, 0.15) is 0 Å². The number of methoxy groups -OCH3 is 1. The third-order valence-electron chi connectivity index (χ3n) is 4.66. The molecular weight excluding hydrogens is 394 g/mol. The molecule has 1 aromatic rings. The van der Waals surface area contributed by atoms with Crippen LogP contribution in [0.15, 0.2) is 24.3 Å². The van der Waals surface area contributed by atoms with E-state index in [2.05, 4.69) is 10.2 Å². The molecule has 9 heteroatoms. The Labute approximate surface area is 175 Å². The van der Waals surface area contributed by atoms with Crippen molar-refractivity contribution in [3.63, 3.8) is 0 Å². The Morgan fingerprint density at radius 3 is 2.76 bits per heavy atom. The van der Waals surface area contributed by atoms with Gasteiger partial charge >= 0.3 is 6.03 Å². The average Bonchev–Trinajstić information content (AvgIpc) is 2.71. The van der Waals surface area contributed by atoms with Gasteiger partial charge in [0.15, 0.2) is 0 Å². The number of urea groups is 1. The van der Waals surface area contributed by atoms with Gasteiger partial charge in [0.05, 0.1) is 19.3 Å². The molecule has 1 fully saturated rings. The highest BCUT2D eigenvalue weighted by atomic mass is 32.2. The Bertz CT molecular complexity index is 653. The van der Waals surface area contributed by atoms with E-state index in [9.17, 15) is 14.1 Å². The lowest BCUT2D eigenvalue weighted by Gasteiger charge is -2.35. The highest BCUT2D eigenvalue weighted by Crippen LogP contribution is 2.14. The molecule has 0 saturated carbocycles. The summed E-state index contributed by atoms with van der Waals surface area (Å²) in [6.07, 6.45) is -0.507. The van der Waals surface area contributed by atoms with E-state index in [0.29, 0.717) is 56.6 Å². The summed E-state index contributed by atoms with van der Waals surface area (Å²) in [6.45, 7) is 6.50. The molecule has 29 heavy (non-hydrogen) atoms. The van der Waals surface area contributed by atoms with E-state index in [4.69, 9.17) is 9.47 Å². The first-order valence-corrected chi connectivity index (χ1v) is 11.5. The topological polar surface area (TPSA) is 91.3 Å². The predicted molar refractivity (Wildman–Crippen MR) is 115 cm³/mol. The van der Waals surface area contributed by atoms with Crippen LogP contribution >= 0.6 is 0 Å². The van der Waals surface area contributed by atoms with E-state index in [1.165, 1.54) is 0 Å². The lowest BCUT2D eigenvalue weighted by Crippen LogP contribution is -2.51. The van der Waals surface area contributed by atoms with Crippen LogP contribution in [0.25, 0.3) is 0 Å². The van der Waals surface area contributed by atoms with Gasteiger partial charge < -0.3 is 24.8 Å². The molecule has 1 saturated heterocycles. The van der Waals surface area contributed by atoms with Crippen LogP contribution < -0.4 is 5.32 Å². The molecule has 2 N–H and O–H groups in total. The maximum absolute atomic E-state index is 12.6. The number of ether oxygens (including phenoxy) is 2. The van der Waals surface area contributed by atoms with Crippen LogP contribution in [0, 0.1) is 0 Å². The highest BCUT2D eigenvalue weighted by Gasteiger charge is 2.22. The van der Waals surface area contributed by atoms with Crippen LogP contribution in [0.3, 0.4) is 0 Å². The third kappa shape index (κ3) is 8.79. The minimum atomic E-state index is -0.991. The number of nitrogens with one attached hydrogen (secondary N) is 1. The molecule has 0 aliphatic carbocycles. The smallest absolute Gasteiger partial charge is 0.321 e. The lowest BCUT2D eigenvalue weighted by molar-refractivity contribution is 0.0139. The number of benzene rings is 1. The summed E-state index contributed by atoms with van der Waals surface area (Å²) in [4.78, 5) is 16.5. The number of piperazine rings is 1. The molecule has 0 unspecified atom stereocenters. The number of rotatable bonds is 11. The van der Waals surface area contributed by atoms with Crippen molar-refractivity contribution in [1.29, 1.82) is 0 Å². The van der Waals surface area contributed by atoms with Crippen molar-refractivity contribution >= 4 is 22.5 Å². The Morgan fingerprint density at radius 1 is 1.31 bits per heavy atom. The van der Waals surface area contributed by atoms with Crippen LogP contribution in [0.2, 0.25) is 0 Å². The second kappa shape index (κ2) is 12.9. The fourth-order valence-electron chi connectivity index (χ4n) is 3.11. The monoisotopic (exact) mass is 427 g/mol. The van der Waals surface area contributed by atoms with Gasteiger partial charge in [0, 0.05) is 74.4 Å². The second-order valence-corrected chi connectivity index (χ2v) is 8.59. The largest absolute Gasteiger partial charge is 0.389 e. The number of anilines is 1. The fraction of sp³-hybridized carbons (Fsp3) is 0.650. The number of β-amino-alcohol motifs (C(OH)–C–C–N with tert-alkyl or cyclic N) is 1. The van der Waals surface area contributed by atoms with Crippen molar-refractivity contribution in [2.75, 3.05) is 70.7 Å². The van der Waals surface area contributed by atoms with Crippen molar-refractivity contribution in [3.8, 4) is 0 Å². The van der Waals surface area contributed by atoms with Gasteiger partial charge in [-0.3, -0.25) is 9.11 Å². The van der Waals surface area contributed by atoms with Crippen molar-refractivity contribution in [1.82, 2.24) is 9.80 Å². The number of carbonyl (C=O) groups excluding carboxylic acids is 1. The van der Waals surface area contributed by atoms with Gasteiger partial charge in [-0.25, -0.2) is 4.79 Å². The van der Waals surface area contributed by atoms with Gasteiger partial charge in [-0.2, -0.15) is 0 Å². The summed E-state index contributed by atoms with van der Waals surface area (Å²) < 4.78 is 22.2. The number of amides is 2. The van der Waals surface area contributed by atoms with E-state index in [0.717, 1.165) is 18.7 Å². The van der Waals surface area contributed by atoms with Gasteiger partial charge in [-0.05, 0) is 24.6 Å².